The number of sulfone groups is 1. The summed E-state index contributed by atoms with van der Waals surface area (Å²) in [5, 5.41) is 0. The lowest BCUT2D eigenvalue weighted by molar-refractivity contribution is 0.0977. The Morgan fingerprint density at radius 1 is 1.44 bits per heavy atom. The minimum absolute atomic E-state index is 0.0278. The number of carbonyl (C=O) groups excluding carboxylic acids is 1. The van der Waals surface area contributed by atoms with Gasteiger partial charge in [-0.1, -0.05) is 0 Å². The first kappa shape index (κ1) is 12.8. The van der Waals surface area contributed by atoms with Gasteiger partial charge in [-0.15, -0.1) is 0 Å². The highest BCUT2D eigenvalue weighted by Crippen LogP contribution is 2.04. The first-order valence-corrected chi connectivity index (χ1v) is 6.77. The van der Waals surface area contributed by atoms with E-state index in [9.17, 15) is 17.6 Å². The van der Waals surface area contributed by atoms with Gasteiger partial charge < -0.3 is 0 Å². The highest BCUT2D eigenvalue weighted by atomic mass is 32.2. The summed E-state index contributed by atoms with van der Waals surface area (Å²) in [4.78, 5) is 15.1. The number of halogens is 1. The summed E-state index contributed by atoms with van der Waals surface area (Å²) < 4.78 is 34.1. The van der Waals surface area contributed by atoms with Crippen molar-refractivity contribution in [2.45, 2.75) is 12.8 Å². The molecule has 1 heterocycles. The van der Waals surface area contributed by atoms with E-state index >= 15 is 0 Å². The normalized spacial score (nSPS) is 11.4. The summed E-state index contributed by atoms with van der Waals surface area (Å²) in [6.45, 7) is 0. The van der Waals surface area contributed by atoms with E-state index in [-0.39, 0.29) is 30.1 Å². The maximum atomic E-state index is 12.5. The van der Waals surface area contributed by atoms with E-state index in [4.69, 9.17) is 0 Å². The van der Waals surface area contributed by atoms with Crippen molar-refractivity contribution in [3.05, 3.63) is 29.8 Å². The van der Waals surface area contributed by atoms with Crippen LogP contribution in [0.5, 0.6) is 0 Å². The van der Waals surface area contributed by atoms with Crippen LogP contribution in [0.2, 0.25) is 0 Å². The fourth-order valence-corrected chi connectivity index (χ4v) is 1.83. The Morgan fingerprint density at radius 2 is 2.12 bits per heavy atom. The van der Waals surface area contributed by atoms with Gasteiger partial charge >= 0.3 is 0 Å². The molecular weight excluding hydrogens is 233 g/mol. The van der Waals surface area contributed by atoms with Crippen molar-refractivity contribution < 1.29 is 17.6 Å². The molecule has 0 spiro atoms. The summed E-state index contributed by atoms with van der Waals surface area (Å²) in [7, 11) is -3.04. The smallest absolute Gasteiger partial charge is 0.181 e. The van der Waals surface area contributed by atoms with Crippen molar-refractivity contribution in [3.8, 4) is 0 Å². The first-order chi connectivity index (χ1) is 7.38. The number of hydrogen-bond donors (Lipinski definition) is 0. The lowest BCUT2D eigenvalue weighted by Crippen LogP contribution is -2.07. The van der Waals surface area contributed by atoms with E-state index in [1.165, 1.54) is 6.07 Å². The lowest BCUT2D eigenvalue weighted by Gasteiger charge is -1.99. The highest BCUT2D eigenvalue weighted by molar-refractivity contribution is 7.90. The molecule has 88 valence electrons. The van der Waals surface area contributed by atoms with Crippen LogP contribution in [-0.2, 0) is 9.84 Å². The van der Waals surface area contributed by atoms with Crippen LogP contribution in [0.4, 0.5) is 4.39 Å². The minimum atomic E-state index is -3.04. The number of aromatic nitrogens is 1. The van der Waals surface area contributed by atoms with Crippen molar-refractivity contribution in [2.75, 3.05) is 12.0 Å². The molecule has 0 aliphatic heterocycles. The number of rotatable bonds is 5. The second kappa shape index (κ2) is 5.16. The van der Waals surface area contributed by atoms with Crippen LogP contribution in [-0.4, -0.2) is 31.2 Å². The highest BCUT2D eigenvalue weighted by Gasteiger charge is 2.09. The maximum absolute atomic E-state index is 12.5. The number of nitrogens with zero attached hydrogens (tertiary/aromatic N) is 1. The van der Waals surface area contributed by atoms with Crippen LogP contribution in [0.15, 0.2) is 18.3 Å². The first-order valence-electron chi connectivity index (χ1n) is 4.71. The SMILES string of the molecule is CS(=O)(=O)CCCC(=O)c1ccc(F)cn1. The second-order valence-electron chi connectivity index (χ2n) is 3.52. The van der Waals surface area contributed by atoms with E-state index in [2.05, 4.69) is 4.98 Å². The molecule has 0 aliphatic rings. The van der Waals surface area contributed by atoms with E-state index in [0.29, 0.717) is 0 Å². The van der Waals surface area contributed by atoms with E-state index in [0.717, 1.165) is 18.5 Å². The molecule has 6 heteroatoms. The average molecular weight is 245 g/mol. The van der Waals surface area contributed by atoms with Crippen molar-refractivity contribution in [1.29, 1.82) is 0 Å². The fraction of sp³-hybridized carbons (Fsp3) is 0.400. The molecule has 1 aromatic heterocycles. The van der Waals surface area contributed by atoms with Gasteiger partial charge in [-0.3, -0.25) is 9.78 Å². The number of ketones is 1. The Labute approximate surface area is 93.4 Å². The van der Waals surface area contributed by atoms with Crippen LogP contribution in [0, 0.1) is 5.82 Å². The van der Waals surface area contributed by atoms with Crippen LogP contribution in [0.25, 0.3) is 0 Å². The van der Waals surface area contributed by atoms with Gasteiger partial charge in [0.05, 0.1) is 11.9 Å². The molecule has 0 unspecified atom stereocenters. The Morgan fingerprint density at radius 3 is 2.62 bits per heavy atom. The molecule has 0 saturated carbocycles. The molecule has 0 aromatic carbocycles. The number of hydrogen-bond acceptors (Lipinski definition) is 4. The fourth-order valence-electron chi connectivity index (χ4n) is 1.16. The van der Waals surface area contributed by atoms with Gasteiger partial charge in [-0.2, -0.15) is 0 Å². The molecule has 0 radical (unpaired) electrons. The third-order valence-electron chi connectivity index (χ3n) is 1.93. The summed E-state index contributed by atoms with van der Waals surface area (Å²) >= 11 is 0. The molecule has 16 heavy (non-hydrogen) atoms. The summed E-state index contributed by atoms with van der Waals surface area (Å²) in [6.07, 6.45) is 2.44. The molecule has 1 rings (SSSR count). The van der Waals surface area contributed by atoms with Gasteiger partial charge in [0.2, 0.25) is 0 Å². The van der Waals surface area contributed by atoms with Crippen LogP contribution in [0.3, 0.4) is 0 Å². The van der Waals surface area contributed by atoms with Crippen LogP contribution in [0.1, 0.15) is 23.3 Å². The second-order valence-corrected chi connectivity index (χ2v) is 5.78. The predicted molar refractivity (Wildman–Crippen MR) is 57.5 cm³/mol. The molecule has 0 saturated heterocycles. The van der Waals surface area contributed by atoms with Crippen LogP contribution < -0.4 is 0 Å². The zero-order chi connectivity index (χ0) is 12.2. The third-order valence-corrected chi connectivity index (χ3v) is 2.96. The molecule has 0 amide bonds. The lowest BCUT2D eigenvalue weighted by atomic mass is 10.1. The Hall–Kier alpha value is -1.30. The largest absolute Gasteiger partial charge is 0.292 e. The van der Waals surface area contributed by atoms with E-state index in [1.807, 2.05) is 0 Å². The van der Waals surface area contributed by atoms with Gasteiger partial charge in [0.25, 0.3) is 0 Å². The molecule has 0 fully saturated rings. The van der Waals surface area contributed by atoms with E-state index < -0.39 is 15.7 Å². The molecule has 0 aliphatic carbocycles. The summed E-state index contributed by atoms with van der Waals surface area (Å²) in [5.41, 5.74) is 0.162. The van der Waals surface area contributed by atoms with Gasteiger partial charge in [0, 0.05) is 12.7 Å². The van der Waals surface area contributed by atoms with Gasteiger partial charge in [0.1, 0.15) is 21.3 Å². The zero-order valence-corrected chi connectivity index (χ0v) is 9.63. The van der Waals surface area contributed by atoms with Gasteiger partial charge in [-0.05, 0) is 18.6 Å². The van der Waals surface area contributed by atoms with Crippen molar-refractivity contribution >= 4 is 15.6 Å². The Bertz CT molecular complexity index is 467. The van der Waals surface area contributed by atoms with Crippen molar-refractivity contribution in [2.24, 2.45) is 0 Å². The standard InChI is InChI=1S/C10H12FNO3S/c1-16(14,15)6-2-3-10(13)9-5-4-8(11)7-12-9/h4-5,7H,2-3,6H2,1H3. The Kier molecular flexibility index (Phi) is 4.12. The van der Waals surface area contributed by atoms with Gasteiger partial charge in [-0.25, -0.2) is 12.8 Å². The zero-order valence-electron chi connectivity index (χ0n) is 8.81. The Balaban J connectivity index is 2.50. The molecule has 0 atom stereocenters. The van der Waals surface area contributed by atoms with Crippen molar-refractivity contribution in [1.82, 2.24) is 4.98 Å². The minimum Gasteiger partial charge on any atom is -0.292 e. The molecule has 0 N–H and O–H groups in total. The molecule has 0 bridgehead atoms. The summed E-state index contributed by atoms with van der Waals surface area (Å²) in [5.74, 6) is -0.809. The topological polar surface area (TPSA) is 64.1 Å². The molecule has 1 aromatic rings. The van der Waals surface area contributed by atoms with E-state index in [1.54, 1.807) is 0 Å². The average Bonchev–Trinajstić information content (AvgIpc) is 2.16. The molecule has 4 nitrogen and oxygen atoms in total. The predicted octanol–water partition coefficient (Wildman–Crippen LogP) is 1.23. The monoisotopic (exact) mass is 245 g/mol. The summed E-state index contributed by atoms with van der Waals surface area (Å²) in [6, 6.07) is 2.44. The number of carbonyl (C=O) groups is 1. The van der Waals surface area contributed by atoms with Crippen LogP contribution >= 0.6 is 0 Å². The quantitative estimate of drug-likeness (QED) is 0.732. The third kappa shape index (κ3) is 4.48. The molecular formula is C10H12FNO3S. The van der Waals surface area contributed by atoms with Gasteiger partial charge in [0.15, 0.2) is 5.78 Å². The maximum Gasteiger partial charge on any atom is 0.181 e. The van der Waals surface area contributed by atoms with Crippen molar-refractivity contribution in [3.63, 3.8) is 0 Å². The number of pyridine rings is 1. The number of Topliss-reactive ketones (excluding diaryl/α,β-unsaturated/α-hetero) is 1.